The Morgan fingerprint density at radius 1 is 1.28 bits per heavy atom. The molecule has 0 fully saturated rings. The van der Waals surface area contributed by atoms with E-state index in [-0.39, 0.29) is 17.2 Å². The normalized spacial score (nSPS) is 12.2. The molecule has 1 N–H and O–H groups in total. The highest BCUT2D eigenvalue weighted by molar-refractivity contribution is 7.92. The van der Waals surface area contributed by atoms with Crippen molar-refractivity contribution in [3.05, 3.63) is 18.2 Å². The number of sulfonamides is 1. The average Bonchev–Trinajstić information content (AvgIpc) is 2.27. The monoisotopic (exact) mass is 297 g/mol. The van der Waals surface area contributed by atoms with Crippen molar-refractivity contribution in [2.75, 3.05) is 17.6 Å². The zero-order valence-electron chi connectivity index (χ0n) is 9.67. The Hall–Kier alpha value is -1.35. The van der Waals surface area contributed by atoms with Crippen molar-refractivity contribution in [3.8, 4) is 5.75 Å². The maximum Gasteiger partial charge on any atom is 0.335 e. The molecule has 0 aromatic heterocycles. The van der Waals surface area contributed by atoms with Gasteiger partial charge in [0.05, 0.1) is 18.6 Å². The number of rotatable bonds is 5. The fourth-order valence-corrected chi connectivity index (χ4v) is 2.43. The van der Waals surface area contributed by atoms with E-state index in [2.05, 4.69) is 4.72 Å². The Bertz CT molecular complexity index is 639. The van der Waals surface area contributed by atoms with Crippen molar-refractivity contribution in [3.63, 3.8) is 0 Å². The van der Waals surface area contributed by atoms with E-state index in [1.165, 1.54) is 6.92 Å². The van der Waals surface area contributed by atoms with Crippen LogP contribution in [0.2, 0.25) is 0 Å². The summed E-state index contributed by atoms with van der Waals surface area (Å²) in [4.78, 5) is -0.649. The molecule has 0 aliphatic rings. The van der Waals surface area contributed by atoms with E-state index >= 15 is 0 Å². The Labute approximate surface area is 105 Å². The lowest BCUT2D eigenvalue weighted by atomic mass is 10.3. The topological polar surface area (TPSA) is 89.5 Å². The molecule has 6 nitrogen and oxygen atoms in total. The second-order valence-electron chi connectivity index (χ2n) is 3.31. The molecule has 0 heterocycles. The van der Waals surface area contributed by atoms with Gasteiger partial charge in [-0.3, -0.25) is 4.72 Å². The van der Waals surface area contributed by atoms with Crippen LogP contribution in [0.3, 0.4) is 0 Å². The molecule has 102 valence electrons. The van der Waals surface area contributed by atoms with Crippen LogP contribution in [0.4, 0.5) is 9.57 Å². The zero-order valence-corrected chi connectivity index (χ0v) is 11.3. The minimum Gasteiger partial charge on any atom is -0.495 e. The second kappa shape index (κ2) is 5.11. The van der Waals surface area contributed by atoms with Crippen molar-refractivity contribution >= 4 is 25.9 Å². The Kier molecular flexibility index (Phi) is 4.17. The SMILES string of the molecule is CCS(=O)(=O)Nc1ccc(S(=O)(=O)F)c(OC)c1. The average molecular weight is 297 g/mol. The first kappa shape index (κ1) is 14.7. The highest BCUT2D eigenvalue weighted by atomic mass is 32.3. The molecular weight excluding hydrogens is 285 g/mol. The number of ether oxygens (including phenoxy) is 1. The zero-order chi connectivity index (χ0) is 14.0. The summed E-state index contributed by atoms with van der Waals surface area (Å²) in [6.45, 7) is 1.44. The van der Waals surface area contributed by atoms with Crippen molar-refractivity contribution in [1.82, 2.24) is 0 Å². The summed E-state index contributed by atoms with van der Waals surface area (Å²) in [7, 11) is -7.25. The third kappa shape index (κ3) is 3.57. The van der Waals surface area contributed by atoms with Gasteiger partial charge >= 0.3 is 10.2 Å². The summed E-state index contributed by atoms with van der Waals surface area (Å²) in [5.41, 5.74) is 0.0982. The first-order valence-electron chi connectivity index (χ1n) is 4.83. The molecule has 0 atom stereocenters. The fraction of sp³-hybridized carbons (Fsp3) is 0.333. The third-order valence-corrected chi connectivity index (χ3v) is 4.25. The number of benzene rings is 1. The van der Waals surface area contributed by atoms with Crippen LogP contribution in [0.5, 0.6) is 5.75 Å². The van der Waals surface area contributed by atoms with Gasteiger partial charge in [-0.2, -0.15) is 8.42 Å². The largest absolute Gasteiger partial charge is 0.495 e. The van der Waals surface area contributed by atoms with E-state index < -0.39 is 25.1 Å². The lowest BCUT2D eigenvalue weighted by Crippen LogP contribution is -2.14. The molecule has 18 heavy (non-hydrogen) atoms. The maximum atomic E-state index is 12.9. The minimum absolute atomic E-state index is 0.0982. The second-order valence-corrected chi connectivity index (χ2v) is 6.64. The molecule has 1 rings (SSSR count). The molecule has 0 unspecified atom stereocenters. The van der Waals surface area contributed by atoms with E-state index in [1.54, 1.807) is 0 Å². The van der Waals surface area contributed by atoms with Gasteiger partial charge in [-0.1, -0.05) is 0 Å². The summed E-state index contributed by atoms with van der Waals surface area (Å²) >= 11 is 0. The Balaban J connectivity index is 3.23. The summed E-state index contributed by atoms with van der Waals surface area (Å²) in [5, 5.41) is 0. The molecule has 0 saturated carbocycles. The number of halogens is 1. The molecule has 9 heteroatoms. The van der Waals surface area contributed by atoms with Gasteiger partial charge in [0, 0.05) is 6.07 Å². The molecule has 0 bridgehead atoms. The number of hydrogen-bond donors (Lipinski definition) is 1. The van der Waals surface area contributed by atoms with Crippen molar-refractivity contribution in [1.29, 1.82) is 0 Å². The predicted octanol–water partition coefficient (Wildman–Crippen LogP) is 1.11. The number of hydrogen-bond acceptors (Lipinski definition) is 5. The van der Waals surface area contributed by atoms with Crippen molar-refractivity contribution in [2.24, 2.45) is 0 Å². The highest BCUT2D eigenvalue weighted by Gasteiger charge is 2.19. The Morgan fingerprint density at radius 3 is 2.33 bits per heavy atom. The van der Waals surface area contributed by atoms with E-state index in [1.807, 2.05) is 0 Å². The molecule has 0 amide bonds. The van der Waals surface area contributed by atoms with E-state index in [0.29, 0.717) is 0 Å². The quantitative estimate of drug-likeness (QED) is 0.822. The van der Waals surface area contributed by atoms with Gasteiger partial charge in [0.1, 0.15) is 10.6 Å². The van der Waals surface area contributed by atoms with Crippen LogP contribution < -0.4 is 9.46 Å². The van der Waals surface area contributed by atoms with Crippen LogP contribution in [0.1, 0.15) is 6.92 Å². The predicted molar refractivity (Wildman–Crippen MR) is 64.4 cm³/mol. The molecule has 0 aliphatic heterocycles. The van der Waals surface area contributed by atoms with Crippen LogP contribution in [0.15, 0.2) is 23.1 Å². The van der Waals surface area contributed by atoms with Gasteiger partial charge in [0.15, 0.2) is 0 Å². The molecule has 0 aliphatic carbocycles. The maximum absolute atomic E-state index is 12.9. The van der Waals surface area contributed by atoms with Gasteiger partial charge < -0.3 is 4.74 Å². The number of anilines is 1. The van der Waals surface area contributed by atoms with E-state index in [0.717, 1.165) is 25.3 Å². The van der Waals surface area contributed by atoms with Crippen LogP contribution in [-0.2, 0) is 20.2 Å². The van der Waals surface area contributed by atoms with Crippen LogP contribution >= 0.6 is 0 Å². The molecule has 0 radical (unpaired) electrons. The highest BCUT2D eigenvalue weighted by Crippen LogP contribution is 2.28. The van der Waals surface area contributed by atoms with Crippen LogP contribution in [0, 0.1) is 0 Å². The summed E-state index contributed by atoms with van der Waals surface area (Å²) in [6, 6.07) is 3.17. The fourth-order valence-electron chi connectivity index (χ4n) is 1.18. The van der Waals surface area contributed by atoms with Crippen molar-refractivity contribution in [2.45, 2.75) is 11.8 Å². The molecular formula is C9H12FNO5S2. The molecule has 0 spiro atoms. The number of methoxy groups -OCH3 is 1. The lowest BCUT2D eigenvalue weighted by molar-refractivity contribution is 0.401. The van der Waals surface area contributed by atoms with Gasteiger partial charge in [-0.05, 0) is 19.1 Å². The number of nitrogens with one attached hydrogen (secondary N) is 1. The van der Waals surface area contributed by atoms with Gasteiger partial charge in [0.2, 0.25) is 10.0 Å². The summed E-state index contributed by atoms with van der Waals surface area (Å²) < 4.78 is 63.9. The van der Waals surface area contributed by atoms with Gasteiger partial charge in [-0.15, -0.1) is 3.89 Å². The van der Waals surface area contributed by atoms with E-state index in [9.17, 15) is 20.7 Å². The van der Waals surface area contributed by atoms with Gasteiger partial charge in [-0.25, -0.2) is 8.42 Å². The first-order chi connectivity index (χ1) is 8.19. The summed E-state index contributed by atoms with van der Waals surface area (Å²) in [6.07, 6.45) is 0. The van der Waals surface area contributed by atoms with Crippen molar-refractivity contribution < 1.29 is 25.5 Å². The van der Waals surface area contributed by atoms with Crippen LogP contribution in [0.25, 0.3) is 0 Å². The van der Waals surface area contributed by atoms with Crippen LogP contribution in [-0.4, -0.2) is 29.7 Å². The lowest BCUT2D eigenvalue weighted by Gasteiger charge is -2.09. The minimum atomic E-state index is -4.91. The molecule has 1 aromatic carbocycles. The smallest absolute Gasteiger partial charge is 0.335 e. The Morgan fingerprint density at radius 2 is 1.89 bits per heavy atom. The first-order valence-corrected chi connectivity index (χ1v) is 7.86. The third-order valence-electron chi connectivity index (χ3n) is 2.08. The molecule has 1 aromatic rings. The molecule has 0 saturated heterocycles. The standard InChI is InChI=1S/C9H12FNO5S2/c1-3-17(12,13)11-7-4-5-9(18(10,14)15)8(6-7)16-2/h4-6,11H,3H2,1-2H3. The van der Waals surface area contributed by atoms with Gasteiger partial charge in [0.25, 0.3) is 0 Å². The van der Waals surface area contributed by atoms with E-state index in [4.69, 9.17) is 4.74 Å². The summed E-state index contributed by atoms with van der Waals surface area (Å²) in [5.74, 6) is -0.410.